The Morgan fingerprint density at radius 2 is 1.55 bits per heavy atom. The molecule has 0 aliphatic rings. The highest BCUT2D eigenvalue weighted by Gasteiger charge is 2.23. The number of carbonyl (C=O) groups is 4. The monoisotopic (exact) mass is 437 g/mol. The Morgan fingerprint density at radius 3 is 2.06 bits per heavy atom. The maximum absolute atomic E-state index is 12.1. The lowest BCUT2D eigenvalue weighted by Crippen LogP contribution is -2.52. The van der Waals surface area contributed by atoms with Gasteiger partial charge in [-0.2, -0.15) is 0 Å². The van der Waals surface area contributed by atoms with Gasteiger partial charge in [0.15, 0.2) is 0 Å². The van der Waals surface area contributed by atoms with Gasteiger partial charge in [0.25, 0.3) is 5.69 Å². The third kappa shape index (κ3) is 9.56. The molecule has 0 aromatic heterocycles. The number of alkyl carbamates (subject to hydrolysis) is 1. The van der Waals surface area contributed by atoms with Crippen LogP contribution in [0, 0.1) is 10.1 Å². The molecule has 2 atom stereocenters. The molecule has 4 amide bonds. The van der Waals surface area contributed by atoms with Gasteiger partial charge < -0.3 is 26.0 Å². The number of nitrogens with zero attached hydrogens (tertiary/aromatic N) is 1. The Bertz CT molecular complexity index is 833. The Morgan fingerprint density at radius 1 is 1.00 bits per heavy atom. The number of hydrogen-bond donors (Lipinski definition) is 4. The van der Waals surface area contributed by atoms with Crippen LogP contribution in [-0.2, 0) is 19.1 Å². The minimum Gasteiger partial charge on any atom is -0.444 e. The fourth-order valence-corrected chi connectivity index (χ4v) is 2.15. The number of nitrogens with one attached hydrogen (secondary N) is 4. The normalized spacial score (nSPS) is 12.7. The van der Waals surface area contributed by atoms with Gasteiger partial charge in [0.2, 0.25) is 17.7 Å². The molecule has 170 valence electrons. The highest BCUT2D eigenvalue weighted by atomic mass is 16.6. The van der Waals surface area contributed by atoms with Crippen molar-refractivity contribution in [3.8, 4) is 0 Å². The third-order valence-electron chi connectivity index (χ3n) is 3.66. The van der Waals surface area contributed by atoms with E-state index in [-0.39, 0.29) is 12.2 Å². The van der Waals surface area contributed by atoms with E-state index in [0.29, 0.717) is 5.69 Å². The zero-order valence-corrected chi connectivity index (χ0v) is 18.0. The molecule has 0 saturated carbocycles. The molecule has 1 rings (SSSR count). The van der Waals surface area contributed by atoms with E-state index in [1.165, 1.54) is 38.1 Å². The lowest BCUT2D eigenvalue weighted by Gasteiger charge is -2.22. The lowest BCUT2D eigenvalue weighted by atomic mass is 10.2. The second kappa shape index (κ2) is 10.9. The number of nitro groups is 1. The van der Waals surface area contributed by atoms with E-state index >= 15 is 0 Å². The Kier molecular flexibility index (Phi) is 8.91. The molecular weight excluding hydrogens is 410 g/mol. The zero-order chi connectivity index (χ0) is 23.8. The lowest BCUT2D eigenvalue weighted by molar-refractivity contribution is -0.384. The summed E-state index contributed by atoms with van der Waals surface area (Å²) in [4.78, 5) is 57.9. The highest BCUT2D eigenvalue weighted by molar-refractivity contribution is 5.96. The molecule has 0 bridgehead atoms. The van der Waals surface area contributed by atoms with Crippen LogP contribution in [0.25, 0.3) is 0 Å². The van der Waals surface area contributed by atoms with Crippen LogP contribution in [0.2, 0.25) is 0 Å². The second-order valence-electron chi connectivity index (χ2n) is 7.67. The summed E-state index contributed by atoms with van der Waals surface area (Å²) in [6.07, 6.45) is -0.768. The van der Waals surface area contributed by atoms with Gasteiger partial charge in [0.05, 0.1) is 11.5 Å². The molecule has 1 aromatic rings. The first-order valence-corrected chi connectivity index (χ1v) is 9.40. The molecule has 1 aromatic carbocycles. The van der Waals surface area contributed by atoms with Crippen molar-refractivity contribution >= 4 is 35.2 Å². The van der Waals surface area contributed by atoms with Crippen molar-refractivity contribution in [2.75, 3.05) is 11.9 Å². The van der Waals surface area contributed by atoms with Crippen molar-refractivity contribution in [3.05, 3.63) is 34.4 Å². The molecule has 0 aliphatic heterocycles. The molecule has 4 N–H and O–H groups in total. The largest absolute Gasteiger partial charge is 0.444 e. The molecular formula is C19H27N5O7. The predicted octanol–water partition coefficient (Wildman–Crippen LogP) is 1.07. The topological polar surface area (TPSA) is 169 Å². The van der Waals surface area contributed by atoms with Gasteiger partial charge in [-0.25, -0.2) is 4.79 Å². The van der Waals surface area contributed by atoms with Crippen LogP contribution >= 0.6 is 0 Å². The van der Waals surface area contributed by atoms with E-state index in [1.54, 1.807) is 20.8 Å². The number of amides is 4. The highest BCUT2D eigenvalue weighted by Crippen LogP contribution is 2.15. The zero-order valence-electron chi connectivity index (χ0n) is 18.0. The number of anilines is 1. The number of nitro benzene ring substituents is 1. The number of non-ortho nitro benzene ring substituents is 1. The van der Waals surface area contributed by atoms with Crippen LogP contribution in [0.5, 0.6) is 0 Å². The third-order valence-corrected chi connectivity index (χ3v) is 3.66. The maximum Gasteiger partial charge on any atom is 0.408 e. The first kappa shape index (κ1) is 25.3. The molecule has 12 nitrogen and oxygen atoms in total. The maximum atomic E-state index is 12.1. The Labute approximate surface area is 179 Å². The summed E-state index contributed by atoms with van der Waals surface area (Å²) in [6.45, 7) is 7.52. The summed E-state index contributed by atoms with van der Waals surface area (Å²) in [5.74, 6) is -1.78. The number of rotatable bonds is 8. The fourth-order valence-electron chi connectivity index (χ4n) is 2.15. The van der Waals surface area contributed by atoms with Gasteiger partial charge in [0, 0.05) is 17.8 Å². The van der Waals surface area contributed by atoms with Crippen LogP contribution in [0.15, 0.2) is 24.3 Å². The minimum absolute atomic E-state index is 0.119. The predicted molar refractivity (Wildman–Crippen MR) is 111 cm³/mol. The van der Waals surface area contributed by atoms with Crippen LogP contribution in [0.4, 0.5) is 16.2 Å². The van der Waals surface area contributed by atoms with E-state index < -0.39 is 46.4 Å². The molecule has 0 heterocycles. The first-order valence-electron chi connectivity index (χ1n) is 9.40. The van der Waals surface area contributed by atoms with Crippen molar-refractivity contribution in [3.63, 3.8) is 0 Å². The summed E-state index contributed by atoms with van der Waals surface area (Å²) in [5, 5.41) is 20.2. The molecule has 2 unspecified atom stereocenters. The van der Waals surface area contributed by atoms with Crippen LogP contribution < -0.4 is 21.3 Å². The van der Waals surface area contributed by atoms with E-state index in [1.807, 2.05) is 0 Å². The average molecular weight is 437 g/mol. The van der Waals surface area contributed by atoms with Crippen molar-refractivity contribution < 1.29 is 28.8 Å². The van der Waals surface area contributed by atoms with Crippen molar-refractivity contribution in [1.82, 2.24) is 16.0 Å². The van der Waals surface area contributed by atoms with Gasteiger partial charge in [-0.05, 0) is 46.8 Å². The molecule has 12 heteroatoms. The summed E-state index contributed by atoms with van der Waals surface area (Å²) in [5.41, 5.74) is -0.512. The van der Waals surface area contributed by atoms with Gasteiger partial charge in [-0.3, -0.25) is 24.5 Å². The molecule has 0 spiro atoms. The van der Waals surface area contributed by atoms with Crippen LogP contribution in [0.3, 0.4) is 0 Å². The summed E-state index contributed by atoms with van der Waals surface area (Å²) in [6, 6.07) is 3.27. The van der Waals surface area contributed by atoms with Gasteiger partial charge >= 0.3 is 6.09 Å². The van der Waals surface area contributed by atoms with Crippen molar-refractivity contribution in [2.45, 2.75) is 52.3 Å². The molecule has 0 radical (unpaired) electrons. The summed E-state index contributed by atoms with van der Waals surface area (Å²) in [7, 11) is 0. The second-order valence-corrected chi connectivity index (χ2v) is 7.67. The number of hydrogen-bond acceptors (Lipinski definition) is 7. The number of carbonyl (C=O) groups excluding carboxylic acids is 4. The van der Waals surface area contributed by atoms with Gasteiger partial charge in [-0.1, -0.05) is 0 Å². The van der Waals surface area contributed by atoms with Crippen molar-refractivity contribution in [1.29, 1.82) is 0 Å². The van der Waals surface area contributed by atoms with Gasteiger partial charge in [0.1, 0.15) is 17.7 Å². The molecule has 31 heavy (non-hydrogen) atoms. The first-order chi connectivity index (χ1) is 14.3. The number of ether oxygens (including phenoxy) is 1. The van der Waals surface area contributed by atoms with Crippen molar-refractivity contribution in [2.24, 2.45) is 0 Å². The van der Waals surface area contributed by atoms with Gasteiger partial charge in [-0.15, -0.1) is 0 Å². The van der Waals surface area contributed by atoms with Crippen LogP contribution in [-0.4, -0.2) is 53.0 Å². The quantitative estimate of drug-likeness (QED) is 0.348. The average Bonchev–Trinajstić information content (AvgIpc) is 2.64. The van der Waals surface area contributed by atoms with Crippen LogP contribution in [0.1, 0.15) is 34.6 Å². The smallest absolute Gasteiger partial charge is 0.408 e. The van der Waals surface area contributed by atoms with E-state index in [0.717, 1.165) is 0 Å². The Hall–Kier alpha value is -3.70. The summed E-state index contributed by atoms with van der Waals surface area (Å²) >= 11 is 0. The standard InChI is InChI=1S/C19H27N5O7/c1-11(21-17(27)12(2)22-18(28)31-19(3,4)5)16(26)20-10-15(25)23-13-6-8-14(9-7-13)24(29)30/h6-9,11-12H,10H2,1-5H3,(H,20,26)(H,21,27)(H,22,28)(H,23,25). The molecule has 0 saturated heterocycles. The Balaban J connectivity index is 2.43. The fraction of sp³-hybridized carbons (Fsp3) is 0.474. The molecule has 0 aliphatic carbocycles. The van der Waals surface area contributed by atoms with E-state index in [4.69, 9.17) is 4.74 Å². The number of benzene rings is 1. The van der Waals surface area contributed by atoms with E-state index in [9.17, 15) is 29.3 Å². The SMILES string of the molecule is CC(NC(=O)OC(C)(C)C)C(=O)NC(C)C(=O)NCC(=O)Nc1ccc([N+](=O)[O-])cc1. The molecule has 0 fully saturated rings. The summed E-state index contributed by atoms with van der Waals surface area (Å²) < 4.78 is 5.06. The van der Waals surface area contributed by atoms with E-state index in [2.05, 4.69) is 21.3 Å². The minimum atomic E-state index is -0.970.